The smallest absolute Gasteiger partial charge is 0.137 e. The first-order valence-corrected chi connectivity index (χ1v) is 6.45. The molecule has 0 fully saturated rings. The van der Waals surface area contributed by atoms with Crippen LogP contribution in [0.3, 0.4) is 0 Å². The van der Waals surface area contributed by atoms with Gasteiger partial charge in [-0.05, 0) is 37.9 Å². The van der Waals surface area contributed by atoms with Gasteiger partial charge in [-0.15, -0.1) is 0 Å². The molecule has 0 amide bonds. The van der Waals surface area contributed by atoms with E-state index in [0.29, 0.717) is 12.0 Å². The highest BCUT2D eigenvalue weighted by Gasteiger charge is 2.05. The molecule has 0 radical (unpaired) electrons. The minimum Gasteiger partial charge on any atom is -0.492 e. The zero-order chi connectivity index (χ0) is 12.7. The normalized spacial score (nSPS) is 12.8. The molecule has 0 aliphatic carbocycles. The highest BCUT2D eigenvalue weighted by Crippen LogP contribution is 2.14. The Balaban J connectivity index is 2.49. The fourth-order valence-corrected chi connectivity index (χ4v) is 1.46. The van der Waals surface area contributed by atoms with E-state index in [9.17, 15) is 0 Å². The molecule has 1 aromatic heterocycles. The fourth-order valence-electron chi connectivity index (χ4n) is 1.46. The third-order valence-electron chi connectivity index (χ3n) is 2.49. The number of hydrogen-bond donors (Lipinski definition) is 1. The van der Waals surface area contributed by atoms with E-state index >= 15 is 0 Å². The van der Waals surface area contributed by atoms with E-state index in [0.717, 1.165) is 31.0 Å². The summed E-state index contributed by atoms with van der Waals surface area (Å²) in [5, 5.41) is 3.41. The molecule has 0 aromatic carbocycles. The van der Waals surface area contributed by atoms with Crippen LogP contribution in [-0.2, 0) is 0 Å². The third-order valence-corrected chi connectivity index (χ3v) is 2.49. The van der Waals surface area contributed by atoms with Gasteiger partial charge in [-0.25, -0.2) is 0 Å². The van der Waals surface area contributed by atoms with E-state index in [2.05, 4.69) is 38.0 Å². The monoisotopic (exact) mass is 236 g/mol. The minimum atomic E-state index is 0.300. The van der Waals surface area contributed by atoms with Crippen molar-refractivity contribution in [3.05, 3.63) is 24.0 Å². The zero-order valence-electron chi connectivity index (χ0n) is 11.4. The lowest BCUT2D eigenvalue weighted by molar-refractivity contribution is 0.270. The fraction of sp³-hybridized carbons (Fsp3) is 0.643. The van der Waals surface area contributed by atoms with Crippen molar-refractivity contribution in [3.63, 3.8) is 0 Å². The van der Waals surface area contributed by atoms with Crippen LogP contribution in [0.1, 0.15) is 45.9 Å². The van der Waals surface area contributed by atoms with Crippen LogP contribution in [-0.4, -0.2) is 18.1 Å². The second-order valence-corrected chi connectivity index (χ2v) is 4.80. The molecular formula is C14H24N2O. The van der Waals surface area contributed by atoms with Crippen LogP contribution < -0.4 is 10.1 Å². The van der Waals surface area contributed by atoms with Crippen molar-refractivity contribution in [2.75, 3.05) is 13.2 Å². The van der Waals surface area contributed by atoms with Crippen LogP contribution in [0.15, 0.2) is 18.3 Å². The maximum absolute atomic E-state index is 5.60. The van der Waals surface area contributed by atoms with Gasteiger partial charge in [-0.2, -0.15) is 0 Å². The van der Waals surface area contributed by atoms with E-state index in [1.807, 2.05) is 18.3 Å². The van der Waals surface area contributed by atoms with Crippen molar-refractivity contribution in [2.45, 2.75) is 40.2 Å². The number of nitrogens with one attached hydrogen (secondary N) is 1. The zero-order valence-corrected chi connectivity index (χ0v) is 11.4. The minimum absolute atomic E-state index is 0.300. The molecule has 1 aromatic rings. The van der Waals surface area contributed by atoms with Crippen LogP contribution in [0.4, 0.5) is 0 Å². The summed E-state index contributed by atoms with van der Waals surface area (Å²) in [6, 6.07) is 4.33. The molecule has 1 N–H and O–H groups in total. The number of nitrogens with zero attached hydrogens (tertiary/aromatic N) is 1. The van der Waals surface area contributed by atoms with E-state index in [1.54, 1.807) is 0 Å². The maximum Gasteiger partial charge on any atom is 0.137 e. The second-order valence-electron chi connectivity index (χ2n) is 4.80. The first-order valence-electron chi connectivity index (χ1n) is 6.45. The van der Waals surface area contributed by atoms with E-state index in [1.165, 1.54) is 0 Å². The summed E-state index contributed by atoms with van der Waals surface area (Å²) in [5.41, 5.74) is 1.07. The molecular weight excluding hydrogens is 212 g/mol. The average Bonchev–Trinajstić information content (AvgIpc) is 2.34. The molecule has 3 nitrogen and oxygen atoms in total. The van der Waals surface area contributed by atoms with Crippen molar-refractivity contribution in [1.82, 2.24) is 10.3 Å². The molecule has 3 heteroatoms. The predicted molar refractivity (Wildman–Crippen MR) is 71.3 cm³/mol. The van der Waals surface area contributed by atoms with Gasteiger partial charge in [0.2, 0.25) is 0 Å². The van der Waals surface area contributed by atoms with Gasteiger partial charge >= 0.3 is 0 Å². The van der Waals surface area contributed by atoms with Crippen molar-refractivity contribution in [3.8, 4) is 5.75 Å². The maximum atomic E-state index is 5.60. The lowest BCUT2D eigenvalue weighted by Crippen LogP contribution is -2.20. The van der Waals surface area contributed by atoms with Gasteiger partial charge in [0, 0.05) is 6.04 Å². The standard InChI is InChI=1S/C14H24N2O/c1-5-8-15-12(4)14-7-6-13(9-16-14)17-10-11(2)3/h6-7,9,11-12,15H,5,8,10H2,1-4H3. The summed E-state index contributed by atoms with van der Waals surface area (Å²) in [7, 11) is 0. The van der Waals surface area contributed by atoms with Crippen LogP contribution in [0.5, 0.6) is 5.75 Å². The van der Waals surface area contributed by atoms with E-state index in [-0.39, 0.29) is 0 Å². The highest BCUT2D eigenvalue weighted by atomic mass is 16.5. The topological polar surface area (TPSA) is 34.1 Å². The first-order chi connectivity index (χ1) is 8.13. The highest BCUT2D eigenvalue weighted by molar-refractivity contribution is 5.21. The summed E-state index contributed by atoms with van der Waals surface area (Å²) >= 11 is 0. The molecule has 0 bridgehead atoms. The molecule has 1 rings (SSSR count). The first kappa shape index (κ1) is 14.0. The second kappa shape index (κ2) is 7.28. The van der Waals surface area contributed by atoms with Gasteiger partial charge in [-0.1, -0.05) is 20.8 Å². The van der Waals surface area contributed by atoms with Crippen molar-refractivity contribution < 1.29 is 4.74 Å². The number of hydrogen-bond acceptors (Lipinski definition) is 3. The van der Waals surface area contributed by atoms with Gasteiger partial charge in [0.1, 0.15) is 5.75 Å². The van der Waals surface area contributed by atoms with Crippen molar-refractivity contribution >= 4 is 0 Å². The Morgan fingerprint density at radius 2 is 2.06 bits per heavy atom. The molecule has 17 heavy (non-hydrogen) atoms. The summed E-state index contributed by atoms with van der Waals surface area (Å²) in [5.74, 6) is 1.39. The van der Waals surface area contributed by atoms with Crippen molar-refractivity contribution in [2.24, 2.45) is 5.92 Å². The molecule has 1 atom stereocenters. The molecule has 0 saturated carbocycles. The number of ether oxygens (including phenoxy) is 1. The van der Waals surface area contributed by atoms with Crippen LogP contribution in [0.2, 0.25) is 0 Å². The summed E-state index contributed by atoms with van der Waals surface area (Å²) in [4.78, 5) is 4.42. The summed E-state index contributed by atoms with van der Waals surface area (Å²) in [6.45, 7) is 10.3. The molecule has 0 aliphatic rings. The van der Waals surface area contributed by atoms with Crippen LogP contribution in [0, 0.1) is 5.92 Å². The Morgan fingerprint density at radius 3 is 2.59 bits per heavy atom. The number of aromatic nitrogens is 1. The number of pyridine rings is 1. The lowest BCUT2D eigenvalue weighted by Gasteiger charge is -2.13. The van der Waals surface area contributed by atoms with E-state index in [4.69, 9.17) is 4.74 Å². The SMILES string of the molecule is CCCNC(C)c1ccc(OCC(C)C)cn1. The molecule has 1 heterocycles. The quantitative estimate of drug-likeness (QED) is 0.789. The lowest BCUT2D eigenvalue weighted by atomic mass is 10.2. The van der Waals surface area contributed by atoms with Crippen LogP contribution in [0.25, 0.3) is 0 Å². The summed E-state index contributed by atoms with van der Waals surface area (Å²) < 4.78 is 5.60. The molecule has 0 saturated heterocycles. The average molecular weight is 236 g/mol. The Kier molecular flexibility index (Phi) is 5.98. The largest absolute Gasteiger partial charge is 0.492 e. The molecule has 0 spiro atoms. The van der Waals surface area contributed by atoms with Crippen LogP contribution >= 0.6 is 0 Å². The van der Waals surface area contributed by atoms with Gasteiger partial charge in [0.15, 0.2) is 0 Å². The van der Waals surface area contributed by atoms with Gasteiger partial charge in [0.05, 0.1) is 18.5 Å². The third kappa shape index (κ3) is 5.18. The van der Waals surface area contributed by atoms with Gasteiger partial charge in [0.25, 0.3) is 0 Å². The van der Waals surface area contributed by atoms with E-state index < -0.39 is 0 Å². The Morgan fingerprint density at radius 1 is 1.29 bits per heavy atom. The Hall–Kier alpha value is -1.09. The molecule has 96 valence electrons. The Bertz CT molecular complexity index is 309. The summed E-state index contributed by atoms with van der Waals surface area (Å²) in [6.07, 6.45) is 2.95. The van der Waals surface area contributed by atoms with Crippen molar-refractivity contribution in [1.29, 1.82) is 0 Å². The predicted octanol–water partition coefficient (Wildman–Crippen LogP) is 3.18. The van der Waals surface area contributed by atoms with Gasteiger partial charge in [-0.3, -0.25) is 4.98 Å². The van der Waals surface area contributed by atoms with Gasteiger partial charge < -0.3 is 10.1 Å². The Labute approximate surface area is 105 Å². The molecule has 1 unspecified atom stereocenters. The number of rotatable bonds is 7. The molecule has 0 aliphatic heterocycles.